The molecule has 158 valence electrons. The summed E-state index contributed by atoms with van der Waals surface area (Å²) in [7, 11) is 0. The number of carbonyl (C=O) groups is 1. The number of hydrogen-bond donors (Lipinski definition) is 0. The molecule has 6 heteroatoms. The quantitative estimate of drug-likeness (QED) is 0.445. The van der Waals surface area contributed by atoms with E-state index in [4.69, 9.17) is 9.47 Å². The summed E-state index contributed by atoms with van der Waals surface area (Å²) < 4.78 is 13.0. The molecule has 4 rings (SSSR count). The van der Waals surface area contributed by atoms with Gasteiger partial charge in [0.05, 0.1) is 16.8 Å². The number of benzene rings is 2. The van der Waals surface area contributed by atoms with Crippen molar-refractivity contribution in [2.75, 3.05) is 19.7 Å². The van der Waals surface area contributed by atoms with E-state index in [0.29, 0.717) is 30.5 Å². The average Bonchev–Trinajstić information content (AvgIpc) is 3.19. The van der Waals surface area contributed by atoms with Crippen LogP contribution in [0.4, 0.5) is 0 Å². The summed E-state index contributed by atoms with van der Waals surface area (Å²) in [5.74, 6) is 0.832. The molecule has 3 aromatic rings. The zero-order valence-corrected chi connectivity index (χ0v) is 18.2. The van der Waals surface area contributed by atoms with Gasteiger partial charge in [0, 0.05) is 31.5 Å². The van der Waals surface area contributed by atoms with E-state index in [1.165, 1.54) is 6.42 Å². The van der Waals surface area contributed by atoms with Gasteiger partial charge in [-0.15, -0.1) is 0 Å². The number of rotatable bonds is 8. The third-order valence-corrected chi connectivity index (χ3v) is 6.30. The molecule has 0 saturated carbocycles. The van der Waals surface area contributed by atoms with Gasteiger partial charge in [-0.3, -0.25) is 4.79 Å². The van der Waals surface area contributed by atoms with E-state index >= 15 is 0 Å². The molecule has 1 aromatic heterocycles. The van der Waals surface area contributed by atoms with Gasteiger partial charge in [-0.05, 0) is 36.8 Å². The van der Waals surface area contributed by atoms with Crippen LogP contribution in [0, 0.1) is 0 Å². The SMILES string of the molecule is CCCCCOc1cccc(C(=O)N2CCC(Oc3nc4ccccc4s3)CC2)c1. The van der Waals surface area contributed by atoms with E-state index in [1.54, 1.807) is 11.3 Å². The number of piperidine rings is 1. The zero-order valence-electron chi connectivity index (χ0n) is 17.4. The van der Waals surface area contributed by atoms with Gasteiger partial charge in [-0.1, -0.05) is 49.3 Å². The second kappa shape index (κ2) is 9.94. The molecule has 30 heavy (non-hydrogen) atoms. The van der Waals surface area contributed by atoms with Crippen molar-refractivity contribution in [2.24, 2.45) is 0 Å². The number of nitrogens with zero attached hydrogens (tertiary/aromatic N) is 2. The molecule has 2 aromatic carbocycles. The number of amides is 1. The predicted molar refractivity (Wildman–Crippen MR) is 121 cm³/mol. The minimum absolute atomic E-state index is 0.0624. The van der Waals surface area contributed by atoms with E-state index in [0.717, 1.165) is 41.6 Å². The molecule has 0 unspecified atom stereocenters. The smallest absolute Gasteiger partial charge is 0.274 e. The lowest BCUT2D eigenvalue weighted by molar-refractivity contribution is 0.0595. The number of likely N-dealkylation sites (tertiary alicyclic amines) is 1. The Bertz CT molecular complexity index is 946. The Balaban J connectivity index is 1.29. The number of ether oxygens (including phenoxy) is 2. The summed E-state index contributed by atoms with van der Waals surface area (Å²) in [5, 5.41) is 0.717. The van der Waals surface area contributed by atoms with Crippen molar-refractivity contribution < 1.29 is 14.3 Å². The molecule has 5 nitrogen and oxygen atoms in total. The second-order valence-electron chi connectivity index (χ2n) is 7.64. The standard InChI is InChI=1S/C24H28N2O3S/c1-2-3-6-16-28-20-9-7-8-18(17-20)23(27)26-14-12-19(13-15-26)29-24-25-21-10-4-5-11-22(21)30-24/h4-5,7-11,17,19H,2-3,6,12-16H2,1H3. The van der Waals surface area contributed by atoms with Gasteiger partial charge in [-0.2, -0.15) is 0 Å². The van der Waals surface area contributed by atoms with E-state index in [1.807, 2.05) is 47.4 Å². The van der Waals surface area contributed by atoms with Crippen LogP contribution in [0.2, 0.25) is 0 Å². The van der Waals surface area contributed by atoms with Crippen LogP contribution in [0.1, 0.15) is 49.4 Å². The number of unbranched alkanes of at least 4 members (excludes halogenated alkanes) is 2. The largest absolute Gasteiger partial charge is 0.494 e. The third-order valence-electron chi connectivity index (χ3n) is 5.37. The van der Waals surface area contributed by atoms with Crippen molar-refractivity contribution in [3.05, 3.63) is 54.1 Å². The molecule has 1 saturated heterocycles. The molecule has 1 fully saturated rings. The Hall–Kier alpha value is -2.60. The Kier molecular flexibility index (Phi) is 6.84. The summed E-state index contributed by atoms with van der Waals surface area (Å²) in [6.07, 6.45) is 5.09. The monoisotopic (exact) mass is 424 g/mol. The van der Waals surface area contributed by atoms with Crippen LogP contribution in [0.25, 0.3) is 10.2 Å². The number of aromatic nitrogens is 1. The first-order chi connectivity index (χ1) is 14.7. The summed E-state index contributed by atoms with van der Waals surface area (Å²) in [5.41, 5.74) is 1.66. The maximum Gasteiger partial charge on any atom is 0.274 e. The van der Waals surface area contributed by atoms with Crippen LogP contribution < -0.4 is 9.47 Å². The zero-order chi connectivity index (χ0) is 20.8. The predicted octanol–water partition coefficient (Wildman–Crippen LogP) is 5.55. The summed E-state index contributed by atoms with van der Waals surface area (Å²) >= 11 is 1.58. The number of fused-ring (bicyclic) bond motifs is 1. The highest BCUT2D eigenvalue weighted by Crippen LogP contribution is 2.29. The highest BCUT2D eigenvalue weighted by molar-refractivity contribution is 7.20. The molecular weight excluding hydrogens is 396 g/mol. The number of thiazole rings is 1. The van der Waals surface area contributed by atoms with E-state index in [9.17, 15) is 4.79 Å². The van der Waals surface area contributed by atoms with Crippen molar-refractivity contribution in [3.8, 4) is 10.9 Å². The van der Waals surface area contributed by atoms with Gasteiger partial charge in [0.2, 0.25) is 0 Å². The number of carbonyl (C=O) groups excluding carboxylic acids is 1. The highest BCUT2D eigenvalue weighted by atomic mass is 32.1. The van der Waals surface area contributed by atoms with Crippen molar-refractivity contribution in [3.63, 3.8) is 0 Å². The van der Waals surface area contributed by atoms with Crippen molar-refractivity contribution in [2.45, 2.75) is 45.1 Å². The molecule has 0 spiro atoms. The number of hydrogen-bond acceptors (Lipinski definition) is 5. The molecular formula is C24H28N2O3S. The number of para-hydroxylation sites is 1. The molecule has 0 radical (unpaired) electrons. The normalized spacial score (nSPS) is 14.8. The second-order valence-corrected chi connectivity index (χ2v) is 8.63. The summed E-state index contributed by atoms with van der Waals surface area (Å²) in [6, 6.07) is 15.6. The third kappa shape index (κ3) is 5.11. The summed E-state index contributed by atoms with van der Waals surface area (Å²) in [6.45, 7) is 4.25. The molecule has 0 atom stereocenters. The molecule has 0 aliphatic carbocycles. The highest BCUT2D eigenvalue weighted by Gasteiger charge is 2.25. The first kappa shape index (κ1) is 20.7. The minimum Gasteiger partial charge on any atom is -0.494 e. The van der Waals surface area contributed by atoms with E-state index in [2.05, 4.69) is 18.0 Å². The maximum absolute atomic E-state index is 12.9. The van der Waals surface area contributed by atoms with Gasteiger partial charge in [0.25, 0.3) is 11.1 Å². The fourth-order valence-electron chi connectivity index (χ4n) is 3.66. The Morgan fingerprint density at radius 1 is 1.13 bits per heavy atom. The van der Waals surface area contributed by atoms with Gasteiger partial charge in [0.15, 0.2) is 0 Å². The topological polar surface area (TPSA) is 51.7 Å². The van der Waals surface area contributed by atoms with Crippen LogP contribution >= 0.6 is 11.3 Å². The van der Waals surface area contributed by atoms with Gasteiger partial charge >= 0.3 is 0 Å². The molecule has 1 aliphatic rings. The van der Waals surface area contributed by atoms with Crippen molar-refractivity contribution >= 4 is 27.5 Å². The first-order valence-corrected chi connectivity index (χ1v) is 11.6. The van der Waals surface area contributed by atoms with Crippen LogP contribution in [0.3, 0.4) is 0 Å². The fourth-order valence-corrected chi connectivity index (χ4v) is 4.55. The van der Waals surface area contributed by atoms with Crippen molar-refractivity contribution in [1.82, 2.24) is 9.88 Å². The van der Waals surface area contributed by atoms with Crippen LogP contribution in [0.15, 0.2) is 48.5 Å². The minimum atomic E-state index is 0.0624. The lowest BCUT2D eigenvalue weighted by atomic mass is 10.1. The average molecular weight is 425 g/mol. The van der Waals surface area contributed by atoms with Crippen LogP contribution in [0.5, 0.6) is 10.9 Å². The van der Waals surface area contributed by atoms with Crippen LogP contribution in [-0.2, 0) is 0 Å². The lowest BCUT2D eigenvalue weighted by Gasteiger charge is -2.31. The van der Waals surface area contributed by atoms with Gasteiger partial charge in [-0.25, -0.2) is 4.98 Å². The van der Waals surface area contributed by atoms with E-state index in [-0.39, 0.29) is 12.0 Å². The molecule has 0 N–H and O–H groups in total. The van der Waals surface area contributed by atoms with Crippen LogP contribution in [-0.4, -0.2) is 41.6 Å². The molecule has 0 bridgehead atoms. The van der Waals surface area contributed by atoms with E-state index < -0.39 is 0 Å². The lowest BCUT2D eigenvalue weighted by Crippen LogP contribution is -2.41. The molecule has 1 amide bonds. The Labute approximate surface area is 181 Å². The van der Waals surface area contributed by atoms with Gasteiger partial charge < -0.3 is 14.4 Å². The van der Waals surface area contributed by atoms with Crippen molar-refractivity contribution in [1.29, 1.82) is 0 Å². The van der Waals surface area contributed by atoms with Gasteiger partial charge in [0.1, 0.15) is 11.9 Å². The summed E-state index contributed by atoms with van der Waals surface area (Å²) in [4.78, 5) is 19.4. The Morgan fingerprint density at radius 2 is 1.97 bits per heavy atom. The molecule has 1 aliphatic heterocycles. The fraction of sp³-hybridized carbons (Fsp3) is 0.417. The Morgan fingerprint density at radius 3 is 2.77 bits per heavy atom. The molecule has 2 heterocycles. The first-order valence-electron chi connectivity index (χ1n) is 10.8. The maximum atomic E-state index is 12.9.